The van der Waals surface area contributed by atoms with Gasteiger partial charge in [0.15, 0.2) is 9.84 Å². The highest BCUT2D eigenvalue weighted by molar-refractivity contribution is 7.91. The van der Waals surface area contributed by atoms with E-state index in [1.807, 2.05) is 0 Å². The van der Waals surface area contributed by atoms with E-state index < -0.39 is 9.84 Å². The Morgan fingerprint density at radius 1 is 1.39 bits per heavy atom. The highest BCUT2D eigenvalue weighted by Crippen LogP contribution is 2.24. The van der Waals surface area contributed by atoms with E-state index in [2.05, 4.69) is 24.1 Å². The molecule has 2 fully saturated rings. The zero-order valence-electron chi connectivity index (χ0n) is 11.6. The first kappa shape index (κ1) is 14.3. The summed E-state index contributed by atoms with van der Waals surface area (Å²) in [5.74, 6) is 1.34. The number of nitrogens with one attached hydrogen (secondary N) is 1. The van der Waals surface area contributed by atoms with E-state index in [-0.39, 0.29) is 6.04 Å². The second-order valence-electron chi connectivity index (χ2n) is 6.04. The molecule has 2 atom stereocenters. The van der Waals surface area contributed by atoms with Gasteiger partial charge >= 0.3 is 0 Å². The lowest BCUT2D eigenvalue weighted by atomic mass is 10.0. The topological polar surface area (TPSA) is 49.4 Å². The summed E-state index contributed by atoms with van der Waals surface area (Å²) in [5, 5.41) is 3.34. The third-order valence-corrected chi connectivity index (χ3v) is 5.99. The molecule has 2 unspecified atom stereocenters. The highest BCUT2D eigenvalue weighted by atomic mass is 32.2. The zero-order valence-corrected chi connectivity index (χ0v) is 12.4. The van der Waals surface area contributed by atoms with Crippen molar-refractivity contribution < 1.29 is 8.42 Å². The molecule has 0 amide bonds. The number of nitrogens with zero attached hydrogens (tertiary/aromatic N) is 1. The van der Waals surface area contributed by atoms with Crippen LogP contribution in [0.1, 0.15) is 33.1 Å². The van der Waals surface area contributed by atoms with Gasteiger partial charge in [-0.3, -0.25) is 0 Å². The van der Waals surface area contributed by atoms with Crippen LogP contribution in [0.15, 0.2) is 0 Å². The van der Waals surface area contributed by atoms with Crippen LogP contribution in [0.3, 0.4) is 0 Å². The predicted octanol–water partition coefficient (Wildman–Crippen LogP) is 0.884. The molecule has 0 aromatic rings. The molecule has 2 aliphatic rings. The molecule has 1 N–H and O–H groups in total. The highest BCUT2D eigenvalue weighted by Gasteiger charge is 2.29. The molecule has 5 heteroatoms. The maximum atomic E-state index is 11.6. The Balaban J connectivity index is 1.81. The Morgan fingerprint density at radius 2 is 2.17 bits per heavy atom. The molecular weight excluding hydrogens is 248 g/mol. The third-order valence-electron chi connectivity index (χ3n) is 4.25. The molecule has 0 aromatic heterocycles. The van der Waals surface area contributed by atoms with Gasteiger partial charge in [-0.2, -0.15) is 0 Å². The van der Waals surface area contributed by atoms with Crippen LogP contribution in [0.2, 0.25) is 0 Å². The van der Waals surface area contributed by atoms with E-state index >= 15 is 0 Å². The van der Waals surface area contributed by atoms with E-state index in [0.29, 0.717) is 30.0 Å². The van der Waals surface area contributed by atoms with E-state index in [9.17, 15) is 8.42 Å². The molecule has 2 saturated heterocycles. The van der Waals surface area contributed by atoms with Crippen molar-refractivity contribution in [3.63, 3.8) is 0 Å². The Labute approximate surface area is 111 Å². The molecule has 18 heavy (non-hydrogen) atoms. The van der Waals surface area contributed by atoms with Crippen LogP contribution in [-0.4, -0.2) is 56.5 Å². The minimum absolute atomic E-state index is 0.164. The van der Waals surface area contributed by atoms with Gasteiger partial charge in [-0.1, -0.05) is 13.8 Å². The molecule has 2 rings (SSSR count). The Kier molecular flexibility index (Phi) is 4.67. The average molecular weight is 274 g/mol. The van der Waals surface area contributed by atoms with Gasteiger partial charge in [0.2, 0.25) is 0 Å². The molecule has 0 aliphatic carbocycles. The first-order valence-electron chi connectivity index (χ1n) is 7.16. The van der Waals surface area contributed by atoms with Crippen molar-refractivity contribution in [1.82, 2.24) is 10.2 Å². The summed E-state index contributed by atoms with van der Waals surface area (Å²) < 4.78 is 23.2. The van der Waals surface area contributed by atoms with Crippen molar-refractivity contribution in [1.29, 1.82) is 0 Å². The number of rotatable bonds is 4. The van der Waals surface area contributed by atoms with Gasteiger partial charge in [-0.25, -0.2) is 8.42 Å². The van der Waals surface area contributed by atoms with Crippen LogP contribution in [-0.2, 0) is 9.84 Å². The lowest BCUT2D eigenvalue weighted by Crippen LogP contribution is -2.47. The van der Waals surface area contributed by atoms with E-state index in [4.69, 9.17) is 0 Å². The van der Waals surface area contributed by atoms with Gasteiger partial charge in [0.1, 0.15) is 0 Å². The van der Waals surface area contributed by atoms with Crippen molar-refractivity contribution in [2.75, 3.05) is 31.1 Å². The molecule has 4 nitrogen and oxygen atoms in total. The van der Waals surface area contributed by atoms with Crippen molar-refractivity contribution >= 4 is 9.84 Å². The van der Waals surface area contributed by atoms with Crippen molar-refractivity contribution in [2.45, 2.75) is 45.2 Å². The fourth-order valence-corrected chi connectivity index (χ4v) is 4.75. The smallest absolute Gasteiger partial charge is 0.153 e. The molecular formula is C13H26N2O2S. The Hall–Kier alpha value is -0.130. The van der Waals surface area contributed by atoms with Gasteiger partial charge in [0.25, 0.3) is 0 Å². The molecule has 0 radical (unpaired) electrons. The quantitative estimate of drug-likeness (QED) is 0.827. The minimum Gasteiger partial charge on any atom is -0.312 e. The van der Waals surface area contributed by atoms with Crippen LogP contribution in [0.25, 0.3) is 0 Å². The normalized spacial score (nSPS) is 33.1. The van der Waals surface area contributed by atoms with Gasteiger partial charge in [-0.05, 0) is 38.3 Å². The summed E-state index contributed by atoms with van der Waals surface area (Å²) in [6, 6.07) is 0.863. The fourth-order valence-electron chi connectivity index (χ4n) is 3.26. The summed E-state index contributed by atoms with van der Waals surface area (Å²) in [4.78, 5) is 2.55. The summed E-state index contributed by atoms with van der Waals surface area (Å²) in [5.41, 5.74) is 0. The average Bonchev–Trinajstić information content (AvgIpc) is 2.73. The third kappa shape index (κ3) is 3.68. The predicted molar refractivity (Wildman–Crippen MR) is 74.5 cm³/mol. The van der Waals surface area contributed by atoms with E-state index in [0.717, 1.165) is 13.0 Å². The molecule has 106 valence electrons. The van der Waals surface area contributed by atoms with Gasteiger partial charge in [0, 0.05) is 18.6 Å². The maximum absolute atomic E-state index is 11.6. The monoisotopic (exact) mass is 274 g/mol. The molecule has 0 spiro atoms. The van der Waals surface area contributed by atoms with Crippen molar-refractivity contribution in [3.05, 3.63) is 0 Å². The van der Waals surface area contributed by atoms with E-state index in [1.165, 1.54) is 19.4 Å². The summed E-state index contributed by atoms with van der Waals surface area (Å²) >= 11 is 0. The minimum atomic E-state index is -2.79. The first-order valence-corrected chi connectivity index (χ1v) is 8.98. The SMILES string of the molecule is CC(C)C1CCCN1CCC1CS(=O)(=O)CCN1. The Morgan fingerprint density at radius 3 is 2.83 bits per heavy atom. The van der Waals surface area contributed by atoms with Crippen LogP contribution >= 0.6 is 0 Å². The van der Waals surface area contributed by atoms with Gasteiger partial charge < -0.3 is 10.2 Å². The number of sulfone groups is 1. The van der Waals surface area contributed by atoms with Gasteiger partial charge in [-0.15, -0.1) is 0 Å². The number of hydrogen-bond acceptors (Lipinski definition) is 4. The van der Waals surface area contributed by atoms with Gasteiger partial charge in [0.05, 0.1) is 11.5 Å². The lowest BCUT2D eigenvalue weighted by molar-refractivity contribution is 0.198. The second kappa shape index (κ2) is 5.88. The second-order valence-corrected chi connectivity index (χ2v) is 8.27. The van der Waals surface area contributed by atoms with Crippen molar-refractivity contribution in [3.8, 4) is 0 Å². The summed E-state index contributed by atoms with van der Waals surface area (Å²) in [6.45, 7) is 7.41. The molecule has 0 saturated carbocycles. The largest absolute Gasteiger partial charge is 0.312 e. The van der Waals surface area contributed by atoms with E-state index in [1.54, 1.807) is 0 Å². The molecule has 0 aromatic carbocycles. The van der Waals surface area contributed by atoms with Crippen LogP contribution < -0.4 is 5.32 Å². The van der Waals surface area contributed by atoms with Crippen molar-refractivity contribution in [2.24, 2.45) is 5.92 Å². The van der Waals surface area contributed by atoms with Crippen LogP contribution in [0, 0.1) is 5.92 Å². The summed E-state index contributed by atoms with van der Waals surface area (Å²) in [7, 11) is -2.79. The first-order chi connectivity index (χ1) is 8.48. The van der Waals surface area contributed by atoms with Crippen LogP contribution in [0.5, 0.6) is 0 Å². The number of likely N-dealkylation sites (tertiary alicyclic amines) is 1. The fraction of sp³-hybridized carbons (Fsp3) is 1.00. The Bertz CT molecular complexity index is 367. The zero-order chi connectivity index (χ0) is 13.2. The van der Waals surface area contributed by atoms with Crippen LogP contribution in [0.4, 0.5) is 0 Å². The standard InChI is InChI=1S/C13H26N2O2S/c1-11(2)13-4-3-7-15(13)8-5-12-10-18(16,17)9-6-14-12/h11-14H,3-10H2,1-2H3. The maximum Gasteiger partial charge on any atom is 0.153 e. The summed E-state index contributed by atoms with van der Waals surface area (Å²) in [6.07, 6.45) is 3.55. The molecule has 0 bridgehead atoms. The number of hydrogen-bond donors (Lipinski definition) is 1. The lowest BCUT2D eigenvalue weighted by Gasteiger charge is -2.30. The molecule has 2 heterocycles. The molecule has 2 aliphatic heterocycles.